The maximum atomic E-state index is 13.0. The molecule has 1 aliphatic heterocycles. The molecule has 4 aromatic rings. The van der Waals surface area contributed by atoms with Gasteiger partial charge in [-0.3, -0.25) is 19.0 Å². The number of anilines is 2. The molecule has 0 radical (unpaired) electrons. The van der Waals surface area contributed by atoms with Gasteiger partial charge in [-0.25, -0.2) is 9.78 Å². The van der Waals surface area contributed by atoms with Crippen LogP contribution < -0.4 is 21.8 Å². The molecule has 5 rings (SSSR count). The zero-order valence-corrected chi connectivity index (χ0v) is 18.5. The number of carbonyl (C=O) groups excluding carboxylic acids is 2. The van der Waals surface area contributed by atoms with Crippen LogP contribution in [0.5, 0.6) is 0 Å². The molecule has 0 saturated carbocycles. The maximum Gasteiger partial charge on any atom is 0.336 e. The molecule has 0 atom stereocenters. The highest BCUT2D eigenvalue weighted by atomic mass is 16.4. The lowest BCUT2D eigenvalue weighted by atomic mass is 10.1. The van der Waals surface area contributed by atoms with Crippen LogP contribution in [0.2, 0.25) is 0 Å². The number of aromatic nitrogens is 2. The molecule has 34 heavy (non-hydrogen) atoms. The van der Waals surface area contributed by atoms with E-state index in [0.29, 0.717) is 34.4 Å². The number of fused-ring (bicyclic) bond motifs is 3. The first-order valence-electron chi connectivity index (χ1n) is 11.1. The predicted molar refractivity (Wildman–Crippen MR) is 128 cm³/mol. The Morgan fingerprint density at radius 3 is 2.44 bits per heavy atom. The summed E-state index contributed by atoms with van der Waals surface area (Å²) in [4.78, 5) is 54.2. The molecule has 0 fully saturated rings. The number of hydrogen-bond acceptors (Lipinski definition) is 6. The highest BCUT2D eigenvalue weighted by Crippen LogP contribution is 2.21. The highest BCUT2D eigenvalue weighted by Gasteiger charge is 2.17. The monoisotopic (exact) mass is 458 g/mol. The third-order valence-corrected chi connectivity index (χ3v) is 5.99. The smallest absolute Gasteiger partial charge is 0.336 e. The fraction of sp³-hybridized carbons (Fsp3) is 0.240. The van der Waals surface area contributed by atoms with Crippen LogP contribution in [0.25, 0.3) is 21.9 Å². The van der Waals surface area contributed by atoms with Gasteiger partial charge in [-0.05, 0) is 55.7 Å². The second-order valence-corrected chi connectivity index (χ2v) is 8.40. The topological polar surface area (TPSA) is 123 Å². The molecule has 0 unspecified atom stereocenters. The largest absolute Gasteiger partial charge is 0.423 e. The van der Waals surface area contributed by atoms with Crippen molar-refractivity contribution in [2.75, 3.05) is 10.6 Å². The van der Waals surface area contributed by atoms with Crippen LogP contribution in [0, 0.1) is 6.92 Å². The number of benzene rings is 2. The molecule has 9 heteroatoms. The second kappa shape index (κ2) is 8.58. The third-order valence-electron chi connectivity index (χ3n) is 5.99. The molecular weight excluding hydrogens is 436 g/mol. The maximum absolute atomic E-state index is 13.0. The van der Waals surface area contributed by atoms with Gasteiger partial charge in [0, 0.05) is 41.9 Å². The number of hydrogen-bond donors (Lipinski definition) is 2. The standard InChI is InChI=1S/C25H22N4O5/c1-14-11-22(30)34-20-13-16(6-8-17(14)20)27-24(32)23(31)26-15-7-9-19-18(12-15)25(33)29-10-4-2-3-5-21(29)28-19/h6-9,11-13H,2-5,10H2,1H3,(H,26,31)(H,27,32). The van der Waals surface area contributed by atoms with Crippen LogP contribution in [0.15, 0.2) is 56.5 Å². The number of aryl methyl sites for hydroxylation is 2. The molecule has 0 aliphatic carbocycles. The Labute approximate surface area is 193 Å². The van der Waals surface area contributed by atoms with E-state index in [1.807, 2.05) is 0 Å². The summed E-state index contributed by atoms with van der Waals surface area (Å²) < 4.78 is 6.88. The van der Waals surface area contributed by atoms with Gasteiger partial charge >= 0.3 is 17.4 Å². The van der Waals surface area contributed by atoms with E-state index >= 15 is 0 Å². The highest BCUT2D eigenvalue weighted by molar-refractivity contribution is 6.43. The summed E-state index contributed by atoms with van der Waals surface area (Å²) in [5, 5.41) is 6.15. The van der Waals surface area contributed by atoms with Crippen molar-refractivity contribution in [3.63, 3.8) is 0 Å². The Kier molecular flexibility index (Phi) is 5.45. The number of rotatable bonds is 2. The summed E-state index contributed by atoms with van der Waals surface area (Å²) in [6, 6.07) is 11.0. The minimum Gasteiger partial charge on any atom is -0.423 e. The van der Waals surface area contributed by atoms with E-state index in [1.165, 1.54) is 12.1 Å². The van der Waals surface area contributed by atoms with Crippen molar-refractivity contribution in [1.82, 2.24) is 9.55 Å². The van der Waals surface area contributed by atoms with Crippen molar-refractivity contribution in [3.05, 3.63) is 74.6 Å². The Hall–Kier alpha value is -4.27. The van der Waals surface area contributed by atoms with Crippen LogP contribution in [0.4, 0.5) is 11.4 Å². The van der Waals surface area contributed by atoms with Crippen molar-refractivity contribution < 1.29 is 14.0 Å². The van der Waals surface area contributed by atoms with Gasteiger partial charge in [0.2, 0.25) is 0 Å². The molecule has 9 nitrogen and oxygen atoms in total. The van der Waals surface area contributed by atoms with Crippen molar-refractivity contribution in [2.24, 2.45) is 0 Å². The number of nitrogens with zero attached hydrogens (tertiary/aromatic N) is 2. The summed E-state index contributed by atoms with van der Waals surface area (Å²) in [6.45, 7) is 2.41. The number of carbonyl (C=O) groups is 2. The second-order valence-electron chi connectivity index (χ2n) is 8.40. The van der Waals surface area contributed by atoms with E-state index in [2.05, 4.69) is 15.6 Å². The van der Waals surface area contributed by atoms with E-state index in [4.69, 9.17) is 4.42 Å². The first kappa shape index (κ1) is 21.6. The fourth-order valence-corrected chi connectivity index (χ4v) is 4.27. The molecule has 172 valence electrons. The van der Waals surface area contributed by atoms with E-state index in [-0.39, 0.29) is 5.56 Å². The van der Waals surface area contributed by atoms with Crippen molar-refractivity contribution in [2.45, 2.75) is 39.2 Å². The molecule has 0 spiro atoms. The van der Waals surface area contributed by atoms with E-state index in [9.17, 15) is 19.2 Å². The molecule has 2 aromatic carbocycles. The van der Waals surface area contributed by atoms with Gasteiger partial charge < -0.3 is 15.1 Å². The molecule has 2 aromatic heterocycles. The normalized spacial score (nSPS) is 13.3. The quantitative estimate of drug-likeness (QED) is 0.351. The van der Waals surface area contributed by atoms with Gasteiger partial charge in [0.25, 0.3) is 5.56 Å². The Bertz CT molecular complexity index is 1580. The van der Waals surface area contributed by atoms with Crippen LogP contribution in [-0.4, -0.2) is 21.4 Å². The zero-order chi connectivity index (χ0) is 23.8. The van der Waals surface area contributed by atoms with Gasteiger partial charge in [0.15, 0.2) is 0 Å². The Morgan fingerprint density at radius 1 is 0.912 bits per heavy atom. The third kappa shape index (κ3) is 4.07. The lowest BCUT2D eigenvalue weighted by Crippen LogP contribution is -2.29. The van der Waals surface area contributed by atoms with Gasteiger partial charge in [-0.1, -0.05) is 6.42 Å². The van der Waals surface area contributed by atoms with Gasteiger partial charge in [0.05, 0.1) is 10.9 Å². The molecule has 2 N–H and O–H groups in total. The van der Waals surface area contributed by atoms with Crippen LogP contribution in [-0.2, 0) is 22.6 Å². The summed E-state index contributed by atoms with van der Waals surface area (Å²) in [5.74, 6) is -1.01. The first-order chi connectivity index (χ1) is 16.4. The lowest BCUT2D eigenvalue weighted by molar-refractivity contribution is -0.132. The molecule has 3 heterocycles. The average Bonchev–Trinajstić information content (AvgIpc) is 3.05. The van der Waals surface area contributed by atoms with Gasteiger partial charge in [0.1, 0.15) is 11.4 Å². The van der Waals surface area contributed by atoms with Crippen LogP contribution in [0.1, 0.15) is 30.7 Å². The van der Waals surface area contributed by atoms with E-state index in [0.717, 1.165) is 42.5 Å². The molecule has 2 amide bonds. The Morgan fingerprint density at radius 2 is 1.65 bits per heavy atom. The minimum absolute atomic E-state index is 0.143. The number of nitrogens with one attached hydrogen (secondary N) is 2. The van der Waals surface area contributed by atoms with Crippen molar-refractivity contribution >= 4 is 45.1 Å². The Balaban J connectivity index is 1.36. The summed E-state index contributed by atoms with van der Waals surface area (Å²) >= 11 is 0. The molecule has 1 aliphatic rings. The van der Waals surface area contributed by atoms with E-state index in [1.54, 1.807) is 41.8 Å². The molecular formula is C25H22N4O5. The summed E-state index contributed by atoms with van der Waals surface area (Å²) in [6.07, 6.45) is 3.75. The minimum atomic E-state index is -0.897. The summed E-state index contributed by atoms with van der Waals surface area (Å²) in [7, 11) is 0. The average molecular weight is 458 g/mol. The SMILES string of the molecule is Cc1cc(=O)oc2cc(NC(=O)C(=O)Nc3ccc4nc5n(c(=O)c4c3)CCCCC5)ccc12. The van der Waals surface area contributed by atoms with Gasteiger partial charge in [-0.2, -0.15) is 0 Å². The van der Waals surface area contributed by atoms with Crippen molar-refractivity contribution in [1.29, 1.82) is 0 Å². The van der Waals surface area contributed by atoms with Crippen LogP contribution >= 0.6 is 0 Å². The first-order valence-corrected chi connectivity index (χ1v) is 11.1. The zero-order valence-electron chi connectivity index (χ0n) is 18.5. The fourth-order valence-electron chi connectivity index (χ4n) is 4.27. The summed E-state index contributed by atoms with van der Waals surface area (Å²) in [5.41, 5.74) is 1.62. The van der Waals surface area contributed by atoms with Gasteiger partial charge in [-0.15, -0.1) is 0 Å². The van der Waals surface area contributed by atoms with E-state index < -0.39 is 17.4 Å². The van der Waals surface area contributed by atoms with Crippen molar-refractivity contribution in [3.8, 4) is 0 Å². The predicted octanol–water partition coefficient (Wildman–Crippen LogP) is 3.11. The lowest BCUT2D eigenvalue weighted by Gasteiger charge is -2.11. The number of amides is 2. The molecule has 0 bridgehead atoms. The molecule has 0 saturated heterocycles. The van der Waals surface area contributed by atoms with Crippen LogP contribution in [0.3, 0.4) is 0 Å².